The first-order chi connectivity index (χ1) is 10.9. The predicted octanol–water partition coefficient (Wildman–Crippen LogP) is 2.66. The van der Waals surface area contributed by atoms with E-state index in [1.807, 2.05) is 0 Å². The minimum atomic E-state index is -0.765. The van der Waals surface area contributed by atoms with Crippen molar-refractivity contribution < 1.29 is 19.2 Å². The summed E-state index contributed by atoms with van der Waals surface area (Å²) in [5.41, 5.74) is 0.441. The highest BCUT2D eigenvalue weighted by Crippen LogP contribution is 2.23. The number of hydrogen-bond acceptors (Lipinski definition) is 5. The lowest BCUT2D eigenvalue weighted by Crippen LogP contribution is -2.26. The molecule has 0 bridgehead atoms. The monoisotopic (exact) mass is 318 g/mol. The van der Waals surface area contributed by atoms with Gasteiger partial charge in [-0.05, 0) is 32.4 Å². The fraction of sp³-hybridized carbons (Fsp3) is 0.312. The zero-order chi connectivity index (χ0) is 17.0. The molecule has 1 aromatic carbocycles. The first kappa shape index (κ1) is 16.7. The van der Waals surface area contributed by atoms with Crippen LogP contribution in [0.5, 0.6) is 0 Å². The molecule has 1 heterocycles. The Morgan fingerprint density at radius 1 is 1.39 bits per heavy atom. The molecule has 2 rings (SSSR count). The number of aryl methyl sites for hydroxylation is 2. The van der Waals surface area contributed by atoms with Crippen LogP contribution in [0.2, 0.25) is 0 Å². The number of nitro groups is 1. The standard InChI is InChI=1S/C16H18N2O5/c1-10-9-13(11(2)23-10)15(19)7-8-17-16(20)12-5-3-4-6-14(12)18(21)22/h3-6,9,15,19H,7-8H2,1-2H3,(H,17,20). The second-order valence-electron chi connectivity index (χ2n) is 5.20. The van der Waals surface area contributed by atoms with Gasteiger partial charge >= 0.3 is 0 Å². The van der Waals surface area contributed by atoms with Gasteiger partial charge in [-0.3, -0.25) is 14.9 Å². The maximum absolute atomic E-state index is 12.0. The number of carbonyl (C=O) groups is 1. The van der Waals surface area contributed by atoms with E-state index < -0.39 is 16.9 Å². The van der Waals surface area contributed by atoms with Crippen molar-refractivity contribution in [1.82, 2.24) is 5.32 Å². The third-order valence-corrected chi connectivity index (χ3v) is 3.49. The molecule has 1 amide bonds. The van der Waals surface area contributed by atoms with Crippen molar-refractivity contribution in [2.75, 3.05) is 6.54 Å². The Labute approximate surface area is 133 Å². The average molecular weight is 318 g/mol. The average Bonchev–Trinajstić information content (AvgIpc) is 2.85. The second kappa shape index (κ2) is 7.06. The van der Waals surface area contributed by atoms with Crippen LogP contribution in [0.1, 0.15) is 40.0 Å². The van der Waals surface area contributed by atoms with Gasteiger partial charge in [0.15, 0.2) is 0 Å². The number of amides is 1. The smallest absolute Gasteiger partial charge is 0.282 e. The van der Waals surface area contributed by atoms with Crippen molar-refractivity contribution in [3.63, 3.8) is 0 Å². The maximum atomic E-state index is 12.0. The van der Waals surface area contributed by atoms with E-state index in [4.69, 9.17) is 4.42 Å². The Morgan fingerprint density at radius 2 is 2.09 bits per heavy atom. The van der Waals surface area contributed by atoms with Gasteiger partial charge in [0.25, 0.3) is 11.6 Å². The van der Waals surface area contributed by atoms with Crippen LogP contribution >= 0.6 is 0 Å². The van der Waals surface area contributed by atoms with Crippen molar-refractivity contribution in [3.8, 4) is 0 Å². The van der Waals surface area contributed by atoms with Crippen LogP contribution in [-0.2, 0) is 0 Å². The lowest BCUT2D eigenvalue weighted by atomic mass is 10.1. The molecule has 7 nitrogen and oxygen atoms in total. The van der Waals surface area contributed by atoms with Gasteiger partial charge in [0.1, 0.15) is 17.1 Å². The lowest BCUT2D eigenvalue weighted by Gasteiger charge is -2.10. The van der Waals surface area contributed by atoms with Crippen LogP contribution < -0.4 is 5.32 Å². The predicted molar refractivity (Wildman–Crippen MR) is 83.2 cm³/mol. The molecule has 1 atom stereocenters. The fourth-order valence-corrected chi connectivity index (χ4v) is 2.38. The first-order valence-electron chi connectivity index (χ1n) is 7.16. The molecule has 23 heavy (non-hydrogen) atoms. The molecule has 0 fully saturated rings. The van der Waals surface area contributed by atoms with Crippen LogP contribution in [0.15, 0.2) is 34.7 Å². The molecule has 7 heteroatoms. The van der Waals surface area contributed by atoms with Crippen LogP contribution in [-0.4, -0.2) is 22.5 Å². The van der Waals surface area contributed by atoms with E-state index in [0.29, 0.717) is 17.1 Å². The number of carbonyl (C=O) groups excluding carboxylic acids is 1. The van der Waals surface area contributed by atoms with Crippen LogP contribution in [0, 0.1) is 24.0 Å². The molecule has 0 radical (unpaired) electrons. The van der Waals surface area contributed by atoms with Gasteiger partial charge in [0.05, 0.1) is 11.0 Å². The summed E-state index contributed by atoms with van der Waals surface area (Å²) in [7, 11) is 0. The van der Waals surface area contributed by atoms with E-state index in [2.05, 4.69) is 5.32 Å². The highest BCUT2D eigenvalue weighted by atomic mass is 16.6. The molecular weight excluding hydrogens is 300 g/mol. The highest BCUT2D eigenvalue weighted by Gasteiger charge is 2.19. The molecule has 2 N–H and O–H groups in total. The van der Waals surface area contributed by atoms with Gasteiger partial charge in [0.2, 0.25) is 0 Å². The summed E-state index contributed by atoms with van der Waals surface area (Å²) in [6.45, 7) is 3.74. The SMILES string of the molecule is Cc1cc(C(O)CCNC(=O)c2ccccc2[N+](=O)[O-])c(C)o1. The highest BCUT2D eigenvalue weighted by molar-refractivity contribution is 5.98. The number of rotatable bonds is 6. The third kappa shape index (κ3) is 3.95. The van der Waals surface area contributed by atoms with E-state index in [9.17, 15) is 20.0 Å². The van der Waals surface area contributed by atoms with Gasteiger partial charge in [-0.25, -0.2) is 0 Å². The van der Waals surface area contributed by atoms with Gasteiger partial charge in [-0.1, -0.05) is 12.1 Å². The number of benzene rings is 1. The zero-order valence-electron chi connectivity index (χ0n) is 12.9. The summed E-state index contributed by atoms with van der Waals surface area (Å²) >= 11 is 0. The minimum Gasteiger partial charge on any atom is -0.466 e. The van der Waals surface area contributed by atoms with E-state index in [1.54, 1.807) is 26.0 Å². The maximum Gasteiger partial charge on any atom is 0.282 e. The Morgan fingerprint density at radius 3 is 2.70 bits per heavy atom. The lowest BCUT2D eigenvalue weighted by molar-refractivity contribution is -0.385. The van der Waals surface area contributed by atoms with Crippen molar-refractivity contribution >= 4 is 11.6 Å². The van der Waals surface area contributed by atoms with Gasteiger partial charge in [-0.15, -0.1) is 0 Å². The van der Waals surface area contributed by atoms with Gasteiger partial charge < -0.3 is 14.8 Å². The van der Waals surface area contributed by atoms with E-state index in [1.165, 1.54) is 18.2 Å². The van der Waals surface area contributed by atoms with Crippen molar-refractivity contribution in [3.05, 3.63) is 63.1 Å². The quantitative estimate of drug-likeness (QED) is 0.629. The number of aliphatic hydroxyl groups excluding tert-OH is 1. The molecule has 0 spiro atoms. The Bertz CT molecular complexity index is 723. The molecule has 0 aliphatic carbocycles. The number of nitrogens with one attached hydrogen (secondary N) is 1. The summed E-state index contributed by atoms with van der Waals surface area (Å²) in [5, 5.41) is 23.6. The van der Waals surface area contributed by atoms with Crippen molar-refractivity contribution in [2.45, 2.75) is 26.4 Å². The normalized spacial score (nSPS) is 12.0. The largest absolute Gasteiger partial charge is 0.466 e. The fourth-order valence-electron chi connectivity index (χ4n) is 2.38. The minimum absolute atomic E-state index is 0.00215. The zero-order valence-corrected chi connectivity index (χ0v) is 12.9. The van der Waals surface area contributed by atoms with E-state index in [-0.39, 0.29) is 24.2 Å². The van der Waals surface area contributed by atoms with Gasteiger partial charge in [0, 0.05) is 18.2 Å². The van der Waals surface area contributed by atoms with E-state index in [0.717, 1.165) is 0 Å². The van der Waals surface area contributed by atoms with Crippen LogP contribution in [0.4, 0.5) is 5.69 Å². The molecule has 0 saturated carbocycles. The Kier molecular flexibility index (Phi) is 5.13. The number of furan rings is 1. The summed E-state index contributed by atoms with van der Waals surface area (Å²) in [5.74, 6) is 0.810. The van der Waals surface area contributed by atoms with Crippen molar-refractivity contribution in [2.24, 2.45) is 0 Å². The Balaban J connectivity index is 1.95. The summed E-state index contributed by atoms with van der Waals surface area (Å²) in [6.07, 6.45) is -0.481. The van der Waals surface area contributed by atoms with Gasteiger partial charge in [-0.2, -0.15) is 0 Å². The number of nitro benzene ring substituents is 1. The number of aliphatic hydroxyl groups is 1. The summed E-state index contributed by atoms with van der Waals surface area (Å²) < 4.78 is 5.35. The molecule has 0 saturated heterocycles. The third-order valence-electron chi connectivity index (χ3n) is 3.49. The number of hydrogen-bond donors (Lipinski definition) is 2. The Hall–Kier alpha value is -2.67. The molecule has 1 unspecified atom stereocenters. The molecule has 1 aromatic heterocycles. The number of para-hydroxylation sites is 1. The van der Waals surface area contributed by atoms with Crippen LogP contribution in [0.25, 0.3) is 0 Å². The first-order valence-corrected chi connectivity index (χ1v) is 7.16. The second-order valence-corrected chi connectivity index (χ2v) is 5.20. The molecule has 2 aromatic rings. The molecular formula is C16H18N2O5. The summed E-state index contributed by atoms with van der Waals surface area (Å²) in [6, 6.07) is 7.50. The van der Waals surface area contributed by atoms with Crippen LogP contribution in [0.3, 0.4) is 0 Å². The number of nitrogens with zero attached hydrogens (tertiary/aromatic N) is 1. The molecule has 0 aliphatic rings. The molecule has 0 aliphatic heterocycles. The summed E-state index contributed by atoms with van der Waals surface area (Å²) in [4.78, 5) is 22.4. The van der Waals surface area contributed by atoms with Crippen molar-refractivity contribution in [1.29, 1.82) is 0 Å². The topological polar surface area (TPSA) is 106 Å². The molecule has 122 valence electrons. The van der Waals surface area contributed by atoms with E-state index >= 15 is 0 Å².